The van der Waals surface area contributed by atoms with Crippen LogP contribution in [-0.2, 0) is 9.59 Å². The van der Waals surface area contributed by atoms with Crippen LogP contribution < -0.4 is 10.6 Å². The number of carbonyl (C=O) groups is 2. The van der Waals surface area contributed by atoms with E-state index in [1.165, 1.54) is 0 Å². The second-order valence-electron chi connectivity index (χ2n) is 5.82. The third-order valence-corrected chi connectivity index (χ3v) is 3.47. The van der Waals surface area contributed by atoms with Crippen molar-refractivity contribution in [3.05, 3.63) is 0 Å². The fraction of sp³-hybridized carbons (Fsp3) is 0.857. The van der Waals surface area contributed by atoms with Gasteiger partial charge < -0.3 is 10.6 Å². The standard InChI is InChI=1S/C14H26N2O2/c1-9(2)13(17)15-11-7-5-6-8-12(11)16-14(18)10(3)4/h9-12H,5-8H2,1-4H3,(H,15,17)(H,16,18)/t11-,12-/m1/s1. The maximum atomic E-state index is 11.8. The lowest BCUT2D eigenvalue weighted by molar-refractivity contribution is -0.127. The van der Waals surface area contributed by atoms with Crippen molar-refractivity contribution in [1.29, 1.82) is 0 Å². The van der Waals surface area contributed by atoms with Gasteiger partial charge in [-0.15, -0.1) is 0 Å². The molecule has 2 amide bonds. The second-order valence-corrected chi connectivity index (χ2v) is 5.82. The van der Waals surface area contributed by atoms with E-state index >= 15 is 0 Å². The van der Waals surface area contributed by atoms with Crippen molar-refractivity contribution in [3.8, 4) is 0 Å². The van der Waals surface area contributed by atoms with Gasteiger partial charge in [0.25, 0.3) is 0 Å². The predicted molar refractivity (Wildman–Crippen MR) is 72.0 cm³/mol. The largest absolute Gasteiger partial charge is 0.351 e. The van der Waals surface area contributed by atoms with Gasteiger partial charge in [0.1, 0.15) is 0 Å². The molecule has 0 bridgehead atoms. The summed E-state index contributed by atoms with van der Waals surface area (Å²) < 4.78 is 0. The summed E-state index contributed by atoms with van der Waals surface area (Å²) in [4.78, 5) is 23.5. The van der Waals surface area contributed by atoms with E-state index in [-0.39, 0.29) is 35.7 Å². The van der Waals surface area contributed by atoms with Gasteiger partial charge in [-0.3, -0.25) is 9.59 Å². The molecule has 0 radical (unpaired) electrons. The lowest BCUT2D eigenvalue weighted by Gasteiger charge is -2.33. The number of hydrogen-bond acceptors (Lipinski definition) is 2. The fourth-order valence-corrected chi connectivity index (χ4v) is 2.18. The summed E-state index contributed by atoms with van der Waals surface area (Å²) in [6, 6.07) is 0.188. The quantitative estimate of drug-likeness (QED) is 0.804. The van der Waals surface area contributed by atoms with Gasteiger partial charge >= 0.3 is 0 Å². The summed E-state index contributed by atoms with van der Waals surface area (Å²) in [6.07, 6.45) is 4.16. The van der Waals surface area contributed by atoms with Crippen LogP contribution in [0.3, 0.4) is 0 Å². The monoisotopic (exact) mass is 254 g/mol. The molecule has 0 aromatic carbocycles. The van der Waals surface area contributed by atoms with Crippen LogP contribution in [0.15, 0.2) is 0 Å². The topological polar surface area (TPSA) is 58.2 Å². The van der Waals surface area contributed by atoms with Gasteiger partial charge in [-0.1, -0.05) is 40.5 Å². The summed E-state index contributed by atoms with van der Waals surface area (Å²) in [6.45, 7) is 7.56. The lowest BCUT2D eigenvalue weighted by Crippen LogP contribution is -2.54. The van der Waals surface area contributed by atoms with Crippen molar-refractivity contribution in [2.24, 2.45) is 11.8 Å². The highest BCUT2D eigenvalue weighted by molar-refractivity contribution is 5.79. The van der Waals surface area contributed by atoms with Gasteiger partial charge in [-0.05, 0) is 12.8 Å². The van der Waals surface area contributed by atoms with Gasteiger partial charge in [-0.2, -0.15) is 0 Å². The lowest BCUT2D eigenvalue weighted by atomic mass is 9.89. The van der Waals surface area contributed by atoms with Crippen LogP contribution in [0.4, 0.5) is 0 Å². The van der Waals surface area contributed by atoms with E-state index in [2.05, 4.69) is 10.6 Å². The van der Waals surface area contributed by atoms with Gasteiger partial charge in [0, 0.05) is 23.9 Å². The molecular weight excluding hydrogens is 228 g/mol. The minimum atomic E-state index is -0.00613. The zero-order chi connectivity index (χ0) is 13.7. The Morgan fingerprint density at radius 1 is 0.833 bits per heavy atom. The summed E-state index contributed by atoms with van der Waals surface area (Å²) in [5, 5.41) is 6.12. The summed E-state index contributed by atoms with van der Waals surface area (Å²) in [7, 11) is 0. The Balaban J connectivity index is 2.57. The number of nitrogens with one attached hydrogen (secondary N) is 2. The maximum Gasteiger partial charge on any atom is 0.222 e. The van der Waals surface area contributed by atoms with Crippen molar-refractivity contribution in [1.82, 2.24) is 10.6 Å². The van der Waals surface area contributed by atoms with E-state index < -0.39 is 0 Å². The molecule has 18 heavy (non-hydrogen) atoms. The molecule has 4 nitrogen and oxygen atoms in total. The molecule has 1 saturated carbocycles. The highest BCUT2D eigenvalue weighted by atomic mass is 16.2. The summed E-state index contributed by atoms with van der Waals surface area (Å²) in [5.74, 6) is 0.137. The summed E-state index contributed by atoms with van der Waals surface area (Å²) >= 11 is 0. The molecule has 1 fully saturated rings. The van der Waals surface area contributed by atoms with Gasteiger partial charge in [-0.25, -0.2) is 0 Å². The molecule has 0 unspecified atom stereocenters. The molecular formula is C14H26N2O2. The van der Waals surface area contributed by atoms with E-state index in [0.717, 1.165) is 25.7 Å². The van der Waals surface area contributed by atoms with E-state index in [1.54, 1.807) is 0 Å². The Labute approximate surface area is 110 Å². The van der Waals surface area contributed by atoms with Crippen LogP contribution in [0.5, 0.6) is 0 Å². The average molecular weight is 254 g/mol. The first kappa shape index (κ1) is 15.0. The highest BCUT2D eigenvalue weighted by Gasteiger charge is 2.28. The Kier molecular flexibility index (Phi) is 5.63. The zero-order valence-corrected chi connectivity index (χ0v) is 12.0. The molecule has 2 N–H and O–H groups in total. The van der Waals surface area contributed by atoms with Crippen LogP contribution in [0.25, 0.3) is 0 Å². The first-order valence-electron chi connectivity index (χ1n) is 7.02. The van der Waals surface area contributed by atoms with Crippen LogP contribution in [0.2, 0.25) is 0 Å². The zero-order valence-electron chi connectivity index (χ0n) is 12.0. The van der Waals surface area contributed by atoms with Gasteiger partial charge in [0.15, 0.2) is 0 Å². The smallest absolute Gasteiger partial charge is 0.222 e. The molecule has 0 saturated heterocycles. The Morgan fingerprint density at radius 2 is 1.17 bits per heavy atom. The molecule has 1 rings (SSSR count). The molecule has 1 aliphatic rings. The van der Waals surface area contributed by atoms with Crippen LogP contribution >= 0.6 is 0 Å². The second kappa shape index (κ2) is 6.76. The minimum Gasteiger partial charge on any atom is -0.351 e. The Morgan fingerprint density at radius 3 is 1.44 bits per heavy atom. The molecule has 4 heteroatoms. The maximum absolute atomic E-state index is 11.8. The van der Waals surface area contributed by atoms with Gasteiger partial charge in [0.2, 0.25) is 11.8 Å². The third-order valence-electron chi connectivity index (χ3n) is 3.47. The minimum absolute atomic E-state index is 0.00613. The van der Waals surface area contributed by atoms with E-state index in [9.17, 15) is 9.59 Å². The van der Waals surface area contributed by atoms with Crippen molar-refractivity contribution < 1.29 is 9.59 Å². The fourth-order valence-electron chi connectivity index (χ4n) is 2.18. The average Bonchev–Trinajstić information content (AvgIpc) is 2.31. The number of amides is 2. The van der Waals surface area contributed by atoms with Crippen LogP contribution in [0, 0.1) is 11.8 Å². The molecule has 0 aromatic heterocycles. The van der Waals surface area contributed by atoms with Gasteiger partial charge in [0.05, 0.1) is 0 Å². The Hall–Kier alpha value is -1.06. The van der Waals surface area contributed by atoms with Crippen molar-refractivity contribution in [2.45, 2.75) is 65.5 Å². The number of carbonyl (C=O) groups excluding carboxylic acids is 2. The molecule has 0 spiro atoms. The normalized spacial score (nSPS) is 24.1. The molecule has 104 valence electrons. The molecule has 1 aliphatic carbocycles. The molecule has 0 heterocycles. The molecule has 0 aromatic rings. The summed E-state index contributed by atoms with van der Waals surface area (Å²) in [5.41, 5.74) is 0. The molecule has 2 atom stereocenters. The first-order chi connectivity index (χ1) is 8.41. The van der Waals surface area contributed by atoms with E-state index in [1.807, 2.05) is 27.7 Å². The van der Waals surface area contributed by atoms with E-state index in [0.29, 0.717) is 0 Å². The number of hydrogen-bond donors (Lipinski definition) is 2. The van der Waals surface area contributed by atoms with Crippen molar-refractivity contribution in [3.63, 3.8) is 0 Å². The van der Waals surface area contributed by atoms with Crippen molar-refractivity contribution >= 4 is 11.8 Å². The molecule has 0 aliphatic heterocycles. The van der Waals surface area contributed by atoms with E-state index in [4.69, 9.17) is 0 Å². The SMILES string of the molecule is CC(C)C(=O)N[C@@H]1CCCC[C@H]1NC(=O)C(C)C. The van der Waals surface area contributed by atoms with Crippen LogP contribution in [0.1, 0.15) is 53.4 Å². The highest BCUT2D eigenvalue weighted by Crippen LogP contribution is 2.19. The first-order valence-corrected chi connectivity index (χ1v) is 7.02. The van der Waals surface area contributed by atoms with Crippen LogP contribution in [-0.4, -0.2) is 23.9 Å². The Bertz CT molecular complexity index is 270. The third kappa shape index (κ3) is 4.31. The number of rotatable bonds is 4. The predicted octanol–water partition coefficient (Wildman–Crippen LogP) is 1.84. The van der Waals surface area contributed by atoms with Crippen molar-refractivity contribution in [2.75, 3.05) is 0 Å².